The molecule has 1 aromatic carbocycles. The second kappa shape index (κ2) is 4.84. The number of aromatic amines is 1. The summed E-state index contributed by atoms with van der Waals surface area (Å²) in [6.07, 6.45) is 0. The number of amides is 1. The molecule has 0 radical (unpaired) electrons. The van der Waals surface area contributed by atoms with Crippen molar-refractivity contribution < 1.29 is 14.3 Å². The van der Waals surface area contributed by atoms with Gasteiger partial charge in [0.15, 0.2) is 0 Å². The number of rotatable bonds is 2. The van der Waals surface area contributed by atoms with Crippen molar-refractivity contribution in [3.05, 3.63) is 52.5 Å². The summed E-state index contributed by atoms with van der Waals surface area (Å²) < 4.78 is 10.7. The Hall–Kier alpha value is -3.31. The summed E-state index contributed by atoms with van der Waals surface area (Å²) in [6.45, 7) is 0.182. The molecule has 120 valence electrons. The highest BCUT2D eigenvalue weighted by atomic mass is 16.5. The summed E-state index contributed by atoms with van der Waals surface area (Å²) in [5.74, 6) is -0.329. The third-order valence-corrected chi connectivity index (χ3v) is 4.33. The van der Waals surface area contributed by atoms with E-state index in [1.807, 2.05) is 12.1 Å². The number of hydrogen-bond acceptors (Lipinski definition) is 6. The molecule has 2 aliphatic rings. The van der Waals surface area contributed by atoms with Crippen LogP contribution in [0, 0.1) is 11.3 Å². The molecule has 0 aliphatic carbocycles. The predicted octanol–water partition coefficient (Wildman–Crippen LogP) is 0.881. The summed E-state index contributed by atoms with van der Waals surface area (Å²) in [7, 11) is 1.53. The Kier molecular flexibility index (Phi) is 2.88. The molecule has 8 nitrogen and oxygen atoms in total. The number of methoxy groups -OCH3 is 1. The molecule has 2 aromatic rings. The smallest absolute Gasteiger partial charge is 0.245 e. The predicted molar refractivity (Wildman–Crippen MR) is 82.6 cm³/mol. The highest BCUT2D eigenvalue weighted by molar-refractivity contribution is 6.12. The molecule has 0 fully saturated rings. The minimum atomic E-state index is -1.40. The lowest BCUT2D eigenvalue weighted by atomic mass is 9.69. The van der Waals surface area contributed by atoms with Gasteiger partial charge in [-0.1, -0.05) is 18.2 Å². The average Bonchev–Trinajstić information content (AvgIpc) is 3.09. The lowest BCUT2D eigenvalue weighted by Gasteiger charge is -2.31. The number of hydrogen-bond donors (Lipinski definition) is 3. The van der Waals surface area contributed by atoms with Crippen LogP contribution in [0.5, 0.6) is 5.88 Å². The number of anilines is 1. The first-order valence-electron chi connectivity index (χ1n) is 7.20. The van der Waals surface area contributed by atoms with Gasteiger partial charge in [-0.2, -0.15) is 5.26 Å². The van der Waals surface area contributed by atoms with Crippen molar-refractivity contribution >= 4 is 11.6 Å². The fourth-order valence-electron chi connectivity index (χ4n) is 3.43. The molecule has 2 aliphatic heterocycles. The number of para-hydroxylation sites is 1. The van der Waals surface area contributed by atoms with E-state index in [1.165, 1.54) is 7.11 Å². The van der Waals surface area contributed by atoms with E-state index < -0.39 is 5.41 Å². The van der Waals surface area contributed by atoms with Gasteiger partial charge in [-0.05, 0) is 6.07 Å². The number of nitrogens with one attached hydrogen (secondary N) is 2. The molecular formula is C16H13N5O3. The fraction of sp³-hybridized carbons (Fsp3) is 0.188. The van der Waals surface area contributed by atoms with E-state index in [0.717, 1.165) is 0 Å². The quantitative estimate of drug-likeness (QED) is 0.753. The van der Waals surface area contributed by atoms with Crippen LogP contribution in [0.2, 0.25) is 0 Å². The molecule has 1 spiro atoms. The minimum Gasteiger partial charge on any atom is -0.420 e. The van der Waals surface area contributed by atoms with Gasteiger partial charge in [0.05, 0.1) is 17.9 Å². The second-order valence-electron chi connectivity index (χ2n) is 5.52. The summed E-state index contributed by atoms with van der Waals surface area (Å²) >= 11 is 0. The van der Waals surface area contributed by atoms with Gasteiger partial charge >= 0.3 is 0 Å². The van der Waals surface area contributed by atoms with E-state index in [0.29, 0.717) is 22.5 Å². The number of aromatic nitrogens is 2. The number of fused-ring (bicyclic) bond motifs is 4. The molecule has 1 atom stereocenters. The molecule has 1 unspecified atom stereocenters. The molecule has 24 heavy (non-hydrogen) atoms. The maximum atomic E-state index is 13.1. The van der Waals surface area contributed by atoms with Crippen LogP contribution in [0.1, 0.15) is 16.8 Å². The molecule has 0 saturated heterocycles. The number of nitriles is 1. The van der Waals surface area contributed by atoms with E-state index in [-0.39, 0.29) is 29.9 Å². The van der Waals surface area contributed by atoms with Crippen molar-refractivity contribution in [3.63, 3.8) is 0 Å². The molecule has 0 bridgehead atoms. The first-order chi connectivity index (χ1) is 11.6. The lowest BCUT2D eigenvalue weighted by Crippen LogP contribution is -2.42. The van der Waals surface area contributed by atoms with Crippen molar-refractivity contribution in [2.75, 3.05) is 12.4 Å². The second-order valence-corrected chi connectivity index (χ2v) is 5.52. The molecule has 0 saturated carbocycles. The topological polar surface area (TPSA) is 126 Å². The number of carbonyl (C=O) groups is 1. The number of carbonyl (C=O) groups excluding carboxylic acids is 1. The SMILES string of the molecule is COCc1[nH]nc2c1C1(C(=O)Nc3ccccc31)C(C#N)=C(N)O2. The molecule has 1 aromatic heterocycles. The number of benzene rings is 1. The van der Waals surface area contributed by atoms with Gasteiger partial charge in [0, 0.05) is 18.4 Å². The Balaban J connectivity index is 2.12. The van der Waals surface area contributed by atoms with Crippen molar-refractivity contribution in [1.82, 2.24) is 10.2 Å². The van der Waals surface area contributed by atoms with Crippen molar-refractivity contribution in [2.45, 2.75) is 12.0 Å². The first kappa shape index (κ1) is 14.3. The van der Waals surface area contributed by atoms with E-state index in [9.17, 15) is 10.1 Å². The van der Waals surface area contributed by atoms with E-state index in [4.69, 9.17) is 15.2 Å². The Labute approximate surface area is 136 Å². The van der Waals surface area contributed by atoms with E-state index in [2.05, 4.69) is 15.5 Å². The maximum absolute atomic E-state index is 13.1. The zero-order valence-electron chi connectivity index (χ0n) is 12.7. The summed E-state index contributed by atoms with van der Waals surface area (Å²) in [4.78, 5) is 13.1. The van der Waals surface area contributed by atoms with E-state index >= 15 is 0 Å². The van der Waals surface area contributed by atoms with Gasteiger partial charge in [0.25, 0.3) is 0 Å². The van der Waals surface area contributed by atoms with Gasteiger partial charge in [-0.15, -0.1) is 5.10 Å². The van der Waals surface area contributed by atoms with Gasteiger partial charge < -0.3 is 20.5 Å². The summed E-state index contributed by atoms with van der Waals surface area (Å²) in [6, 6.07) is 9.22. The Morgan fingerprint density at radius 1 is 1.46 bits per heavy atom. The highest BCUT2D eigenvalue weighted by Gasteiger charge is 2.58. The molecule has 4 rings (SSSR count). The van der Waals surface area contributed by atoms with Crippen LogP contribution < -0.4 is 15.8 Å². The third kappa shape index (κ3) is 1.54. The first-order valence-corrected chi connectivity index (χ1v) is 7.20. The normalized spacial score (nSPS) is 21.1. The molecular weight excluding hydrogens is 310 g/mol. The van der Waals surface area contributed by atoms with Crippen LogP contribution in [0.25, 0.3) is 0 Å². The standard InChI is InChI=1S/C16H13N5O3/c1-23-7-11-12-14(21-20-11)24-13(18)9(6-17)16(12)8-4-2-3-5-10(8)19-15(16)22/h2-5H,7,18H2,1H3,(H,19,22)(H,20,21). The van der Waals surface area contributed by atoms with Crippen LogP contribution in [0.15, 0.2) is 35.7 Å². The van der Waals surface area contributed by atoms with Gasteiger partial charge in [0.1, 0.15) is 17.1 Å². The molecule has 8 heteroatoms. The Morgan fingerprint density at radius 2 is 2.25 bits per heavy atom. The van der Waals surface area contributed by atoms with Crippen molar-refractivity contribution in [2.24, 2.45) is 5.73 Å². The van der Waals surface area contributed by atoms with E-state index in [1.54, 1.807) is 18.2 Å². The largest absolute Gasteiger partial charge is 0.420 e. The lowest BCUT2D eigenvalue weighted by molar-refractivity contribution is -0.118. The maximum Gasteiger partial charge on any atom is 0.245 e. The fourth-order valence-corrected chi connectivity index (χ4v) is 3.43. The molecule has 1 amide bonds. The van der Waals surface area contributed by atoms with Gasteiger partial charge in [0.2, 0.25) is 17.7 Å². The zero-order chi connectivity index (χ0) is 16.9. The van der Waals surface area contributed by atoms with Crippen molar-refractivity contribution in [1.29, 1.82) is 5.26 Å². The number of ether oxygens (including phenoxy) is 2. The average molecular weight is 323 g/mol. The van der Waals surface area contributed by atoms with Crippen LogP contribution in [-0.2, 0) is 21.6 Å². The van der Waals surface area contributed by atoms with Crippen LogP contribution in [0.3, 0.4) is 0 Å². The number of H-pyrrole nitrogens is 1. The zero-order valence-corrected chi connectivity index (χ0v) is 12.7. The minimum absolute atomic E-state index is 0.0382. The molecule has 4 N–H and O–H groups in total. The van der Waals surface area contributed by atoms with Crippen LogP contribution in [0.4, 0.5) is 5.69 Å². The molecule has 3 heterocycles. The van der Waals surface area contributed by atoms with Crippen LogP contribution >= 0.6 is 0 Å². The number of nitrogens with zero attached hydrogens (tertiary/aromatic N) is 2. The van der Waals surface area contributed by atoms with Crippen molar-refractivity contribution in [3.8, 4) is 11.9 Å². The summed E-state index contributed by atoms with van der Waals surface area (Å²) in [5, 5.41) is 19.4. The Bertz CT molecular complexity index is 939. The van der Waals surface area contributed by atoms with Gasteiger partial charge in [-0.3, -0.25) is 9.89 Å². The third-order valence-electron chi connectivity index (χ3n) is 4.33. The van der Waals surface area contributed by atoms with Gasteiger partial charge in [-0.25, -0.2) is 0 Å². The summed E-state index contributed by atoms with van der Waals surface area (Å²) in [5.41, 5.74) is 6.84. The monoisotopic (exact) mass is 323 g/mol. The Morgan fingerprint density at radius 3 is 3.00 bits per heavy atom. The van der Waals surface area contributed by atoms with Crippen LogP contribution in [-0.4, -0.2) is 23.2 Å². The number of nitrogens with two attached hydrogens (primary N) is 1. The highest BCUT2D eigenvalue weighted by Crippen LogP contribution is 2.53.